The van der Waals surface area contributed by atoms with Gasteiger partial charge in [0.25, 0.3) is 5.13 Å². The summed E-state index contributed by atoms with van der Waals surface area (Å²) in [5.74, 6) is -1.70. The summed E-state index contributed by atoms with van der Waals surface area (Å²) in [5, 5.41) is 23.8. The Balaban J connectivity index is 1.32. The van der Waals surface area contributed by atoms with Gasteiger partial charge in [-0.1, -0.05) is 69.9 Å². The number of aromatic nitrogens is 4. The summed E-state index contributed by atoms with van der Waals surface area (Å²) in [6, 6.07) is 5.37. The molecule has 19 nitrogen and oxygen atoms in total. The molecule has 0 fully saturated rings. The summed E-state index contributed by atoms with van der Waals surface area (Å²) < 4.78 is 147. The number of alkyl halides is 6. The average Bonchev–Trinajstić information content (AvgIpc) is 4.01. The summed E-state index contributed by atoms with van der Waals surface area (Å²) in [7, 11) is -11.9. The van der Waals surface area contributed by atoms with Crippen LogP contribution in [0.15, 0.2) is 63.9 Å². The summed E-state index contributed by atoms with van der Waals surface area (Å²) in [6.45, 7) is 17.8. The first-order valence-corrected chi connectivity index (χ1v) is 28.6. The maximum absolute atomic E-state index is 13.9. The molecule has 76 heavy (non-hydrogen) atoms. The molecule has 6 rings (SSSR count). The maximum Gasteiger partial charge on any atom is 0.516 e. The zero-order valence-corrected chi connectivity index (χ0v) is 45.7. The van der Waals surface area contributed by atoms with Crippen molar-refractivity contribution in [3.05, 3.63) is 74.8 Å². The van der Waals surface area contributed by atoms with Gasteiger partial charge in [-0.05, 0) is 112 Å². The number of hydrogen-bond donors (Lipinski definition) is 2. The van der Waals surface area contributed by atoms with Crippen LogP contribution in [0.5, 0.6) is 0 Å². The number of esters is 2. The SMILES string of the molecule is C=CC1=CCc2cc(N=CCCc3nnc(C(=O)OCCC)s3)c(NS(=O)(=O)C(F)(F)F)cc2N1CC(C)CC1Cc2cc(N=Nc3nnc(C(=O)OC(C)C)s3)c(NS(=O)(=O)C(F)(F)F)cc2N(CC(C)C)C1CC. The molecule has 2 aromatic heterocycles. The van der Waals surface area contributed by atoms with Gasteiger partial charge in [0, 0.05) is 48.8 Å². The standard InChI is InChI=1S/C47H57F6N11O8S4/c1-9-17-71-43(65)41-57-56-40(73-41)13-12-16-54-33-20-29-14-15-32(10-2)63(38(29)22-35(33)61-75(67,68)46(48,49)50)25-28(8)18-30-19-31-21-34(55-59-45-60-58-42(74-45)44(66)72-27(6)7)36(62-76(69,70)47(51,52)53)23-39(31)64(24-26(4)5)37(30)11-3/h10,15-16,20-23,26-28,30,37,61-62H,2,9,11-14,17-19,24-25H2,1,3-8H3. The zero-order valence-electron chi connectivity index (χ0n) is 42.4. The van der Waals surface area contributed by atoms with E-state index < -0.39 is 60.5 Å². The number of ether oxygens (including phenoxy) is 2. The van der Waals surface area contributed by atoms with Crippen molar-refractivity contribution in [2.75, 3.05) is 38.9 Å². The number of anilines is 4. The average molecular weight is 1150 g/mol. The molecule has 0 amide bonds. The Hall–Kier alpha value is -6.07. The minimum Gasteiger partial charge on any atom is -0.460 e. The van der Waals surface area contributed by atoms with Crippen LogP contribution in [0, 0.1) is 17.8 Å². The number of nitrogens with zero attached hydrogens (tertiary/aromatic N) is 9. The van der Waals surface area contributed by atoms with Gasteiger partial charge in [0.2, 0.25) is 10.0 Å². The second-order valence-electron chi connectivity index (χ2n) is 18.6. The van der Waals surface area contributed by atoms with Crippen molar-refractivity contribution >= 4 is 100 Å². The highest BCUT2D eigenvalue weighted by molar-refractivity contribution is 7.93. The predicted octanol–water partition coefficient (Wildman–Crippen LogP) is 11.4. The Morgan fingerprint density at radius 2 is 1.47 bits per heavy atom. The van der Waals surface area contributed by atoms with Crippen LogP contribution in [0.3, 0.4) is 0 Å². The predicted molar refractivity (Wildman–Crippen MR) is 278 cm³/mol. The number of carbonyl (C=O) groups excluding carboxylic acids is 2. The third-order valence-corrected chi connectivity index (χ3v) is 15.7. The highest BCUT2D eigenvalue weighted by atomic mass is 32.2. The topological polar surface area (TPSA) is 240 Å². The third-order valence-electron chi connectivity index (χ3n) is 11.7. The molecule has 0 saturated carbocycles. The molecule has 4 aromatic rings. The van der Waals surface area contributed by atoms with E-state index in [1.165, 1.54) is 30.5 Å². The van der Waals surface area contributed by atoms with Crippen molar-refractivity contribution < 1.29 is 62.2 Å². The number of carbonyl (C=O) groups is 2. The Labute approximate surface area is 444 Å². The van der Waals surface area contributed by atoms with Gasteiger partial charge in [0.05, 0.1) is 29.8 Å². The fourth-order valence-corrected chi connectivity index (χ4v) is 11.1. The lowest BCUT2D eigenvalue weighted by atomic mass is 9.78. The largest absolute Gasteiger partial charge is 0.516 e. The quantitative estimate of drug-likeness (QED) is 0.0304. The van der Waals surface area contributed by atoms with Crippen LogP contribution in [0.1, 0.15) is 110 Å². The van der Waals surface area contributed by atoms with Gasteiger partial charge in [-0.15, -0.1) is 30.6 Å². The lowest BCUT2D eigenvalue weighted by Gasteiger charge is -2.46. The van der Waals surface area contributed by atoms with Gasteiger partial charge in [-0.2, -0.15) is 43.2 Å². The van der Waals surface area contributed by atoms with Gasteiger partial charge in [-0.3, -0.25) is 14.4 Å². The van der Waals surface area contributed by atoms with Gasteiger partial charge in [0.15, 0.2) is 0 Å². The molecule has 0 spiro atoms. The number of aryl methyl sites for hydroxylation is 1. The van der Waals surface area contributed by atoms with Crippen molar-refractivity contribution in [3.8, 4) is 0 Å². The van der Waals surface area contributed by atoms with E-state index in [9.17, 15) is 52.8 Å². The molecular weight excluding hydrogens is 1090 g/mol. The number of sulfonamides is 2. The van der Waals surface area contributed by atoms with E-state index in [4.69, 9.17) is 9.47 Å². The fourth-order valence-electron chi connectivity index (χ4n) is 8.63. The molecule has 414 valence electrons. The number of hydrogen-bond acceptors (Lipinski definition) is 19. The van der Waals surface area contributed by atoms with Crippen LogP contribution in [0.4, 0.5) is 65.6 Å². The van der Waals surface area contributed by atoms with Crippen LogP contribution in [-0.4, -0.2) is 98.2 Å². The second kappa shape index (κ2) is 24.5. The lowest BCUT2D eigenvalue weighted by Crippen LogP contribution is -2.47. The second-order valence-corrected chi connectivity index (χ2v) is 24.0. The van der Waals surface area contributed by atoms with Crippen LogP contribution >= 0.6 is 22.7 Å². The smallest absolute Gasteiger partial charge is 0.460 e. The van der Waals surface area contributed by atoms with E-state index in [0.717, 1.165) is 11.3 Å². The van der Waals surface area contributed by atoms with Crippen LogP contribution in [0.25, 0.3) is 0 Å². The minimum atomic E-state index is -5.95. The molecule has 29 heteroatoms. The maximum atomic E-state index is 13.9. The van der Waals surface area contributed by atoms with Crippen molar-refractivity contribution in [1.29, 1.82) is 0 Å². The van der Waals surface area contributed by atoms with Gasteiger partial charge < -0.3 is 19.3 Å². The Bertz CT molecular complexity index is 3090. The van der Waals surface area contributed by atoms with E-state index in [0.29, 0.717) is 83.2 Å². The van der Waals surface area contributed by atoms with E-state index in [2.05, 4.69) is 42.2 Å². The number of fused-ring (bicyclic) bond motifs is 2. The first-order valence-electron chi connectivity index (χ1n) is 24.0. The number of rotatable bonds is 23. The molecule has 0 saturated heterocycles. The number of benzene rings is 2. The molecule has 3 atom stereocenters. The van der Waals surface area contributed by atoms with Crippen LogP contribution < -0.4 is 19.2 Å². The molecule has 4 heterocycles. The number of aliphatic imine (C=N–C) groups is 1. The van der Waals surface area contributed by atoms with Gasteiger partial charge >= 0.3 is 43.0 Å². The number of halogens is 6. The molecule has 0 aliphatic carbocycles. The summed E-state index contributed by atoms with van der Waals surface area (Å²) in [4.78, 5) is 32.9. The summed E-state index contributed by atoms with van der Waals surface area (Å²) >= 11 is 1.72. The molecule has 0 bridgehead atoms. The van der Waals surface area contributed by atoms with E-state index in [1.54, 1.807) is 29.4 Å². The van der Waals surface area contributed by atoms with E-state index in [-0.39, 0.29) is 76.3 Å². The van der Waals surface area contributed by atoms with Crippen molar-refractivity contribution in [3.63, 3.8) is 0 Å². The van der Waals surface area contributed by atoms with E-state index in [1.807, 2.05) is 50.5 Å². The highest BCUT2D eigenvalue weighted by Crippen LogP contribution is 2.46. The van der Waals surface area contributed by atoms with Crippen molar-refractivity contribution in [1.82, 2.24) is 20.4 Å². The fraction of sp³-hybridized carbons (Fsp3) is 0.511. The molecule has 2 aliphatic heterocycles. The lowest BCUT2D eigenvalue weighted by molar-refractivity contribution is -0.0435. The molecule has 0 radical (unpaired) electrons. The number of azo groups is 1. The van der Waals surface area contributed by atoms with Crippen LogP contribution in [-0.2, 0) is 48.8 Å². The molecule has 2 N–H and O–H groups in total. The summed E-state index contributed by atoms with van der Waals surface area (Å²) in [5.41, 5.74) is -9.90. The zero-order chi connectivity index (χ0) is 55.9. The Kier molecular flexibility index (Phi) is 19.1. The van der Waals surface area contributed by atoms with Gasteiger partial charge in [-0.25, -0.2) is 9.59 Å². The molecule has 2 aromatic carbocycles. The Morgan fingerprint density at radius 3 is 2.09 bits per heavy atom. The van der Waals surface area contributed by atoms with E-state index >= 15 is 0 Å². The normalized spacial score (nSPS) is 16.8. The third kappa shape index (κ3) is 14.5. The number of allylic oxidation sites excluding steroid dienone is 2. The first kappa shape index (κ1) is 59.2. The summed E-state index contributed by atoms with van der Waals surface area (Å²) in [6.07, 6.45) is 7.22. The highest BCUT2D eigenvalue weighted by Gasteiger charge is 2.48. The monoisotopic (exact) mass is 1150 g/mol. The van der Waals surface area contributed by atoms with Gasteiger partial charge in [0.1, 0.15) is 10.7 Å². The number of nitrogens with one attached hydrogen (secondary N) is 2. The van der Waals surface area contributed by atoms with Crippen molar-refractivity contribution in [2.45, 2.75) is 117 Å². The minimum absolute atomic E-state index is 0.0242. The first-order chi connectivity index (χ1) is 35.6. The Morgan fingerprint density at radius 1 is 0.842 bits per heavy atom. The van der Waals surface area contributed by atoms with Crippen LogP contribution in [0.2, 0.25) is 0 Å². The molecule has 3 unspecified atom stereocenters. The molecular formula is C47H57F6N11O8S4. The van der Waals surface area contributed by atoms with Crippen molar-refractivity contribution in [2.24, 2.45) is 33.0 Å². The molecule has 2 aliphatic rings.